The summed E-state index contributed by atoms with van der Waals surface area (Å²) in [5, 5.41) is 16.6. The fourth-order valence-electron chi connectivity index (χ4n) is 7.53. The SMILES string of the molecule is CC(C)(C)OC(=O)N1C[C@H]2C[C@@H]1CN2CCN1c2ccc(-c3ccc4[nH]ncc4c3)cc2Oc2cc(-c3ccc4[nH]ncc4c3)ccc21. The second-order valence-electron chi connectivity index (χ2n) is 14.1. The summed E-state index contributed by atoms with van der Waals surface area (Å²) in [6, 6.07) is 26.2. The highest BCUT2D eigenvalue weighted by Gasteiger charge is 2.46. The van der Waals surface area contributed by atoms with E-state index in [4.69, 9.17) is 9.47 Å². The lowest BCUT2D eigenvalue weighted by Gasteiger charge is -2.38. The van der Waals surface area contributed by atoms with Crippen LogP contribution in [0.2, 0.25) is 0 Å². The van der Waals surface area contributed by atoms with Crippen LogP contribution in [0.1, 0.15) is 27.2 Å². The zero-order chi connectivity index (χ0) is 32.6. The monoisotopic (exact) mass is 639 g/mol. The quantitative estimate of drug-likeness (QED) is 0.199. The molecule has 2 atom stereocenters. The summed E-state index contributed by atoms with van der Waals surface area (Å²) in [5.74, 6) is 1.66. The summed E-state index contributed by atoms with van der Waals surface area (Å²) in [6.45, 7) is 9.01. The maximum atomic E-state index is 12.9. The lowest BCUT2D eigenvalue weighted by Crippen LogP contribution is -2.51. The summed E-state index contributed by atoms with van der Waals surface area (Å²) in [5.41, 5.74) is 8.01. The number of likely N-dealkylation sites (tertiary alicyclic amines) is 2. The first-order valence-electron chi connectivity index (χ1n) is 16.6. The molecule has 4 aromatic carbocycles. The third kappa shape index (κ3) is 5.04. The van der Waals surface area contributed by atoms with Gasteiger partial charge in [0, 0.05) is 49.0 Å². The third-order valence-electron chi connectivity index (χ3n) is 9.86. The number of fused-ring (bicyclic) bond motifs is 6. The van der Waals surface area contributed by atoms with E-state index < -0.39 is 5.60 Å². The second-order valence-corrected chi connectivity index (χ2v) is 14.1. The van der Waals surface area contributed by atoms with E-state index in [2.05, 4.69) is 103 Å². The molecule has 48 heavy (non-hydrogen) atoms. The number of amides is 1. The van der Waals surface area contributed by atoms with Gasteiger partial charge in [0.15, 0.2) is 11.5 Å². The molecule has 1 amide bonds. The molecule has 2 N–H and O–H groups in total. The number of piperazine rings is 1. The molecule has 0 saturated carbocycles. The van der Waals surface area contributed by atoms with Gasteiger partial charge in [-0.15, -0.1) is 0 Å². The summed E-state index contributed by atoms with van der Waals surface area (Å²) in [4.78, 5) is 19.7. The Hall–Kier alpha value is -5.35. The number of aromatic amines is 2. The number of nitrogens with one attached hydrogen (secondary N) is 2. The zero-order valence-electron chi connectivity index (χ0n) is 27.2. The van der Waals surface area contributed by atoms with Gasteiger partial charge in [-0.25, -0.2) is 4.79 Å². The Morgan fingerprint density at radius 3 is 1.88 bits per heavy atom. The number of H-pyrrole nitrogens is 2. The lowest BCUT2D eigenvalue weighted by molar-refractivity contribution is 0.0132. The highest BCUT2D eigenvalue weighted by molar-refractivity contribution is 5.88. The van der Waals surface area contributed by atoms with Crippen molar-refractivity contribution in [2.45, 2.75) is 44.9 Å². The minimum atomic E-state index is -0.493. The molecule has 0 unspecified atom stereocenters. The molecule has 242 valence electrons. The Kier molecular flexibility index (Phi) is 6.52. The number of carbonyl (C=O) groups excluding carboxylic acids is 1. The van der Waals surface area contributed by atoms with Crippen molar-refractivity contribution in [1.82, 2.24) is 30.2 Å². The van der Waals surface area contributed by atoms with Crippen molar-refractivity contribution in [2.75, 3.05) is 31.1 Å². The molecule has 0 aliphatic carbocycles. The van der Waals surface area contributed by atoms with Crippen LogP contribution in [0, 0.1) is 0 Å². The van der Waals surface area contributed by atoms with E-state index in [0.717, 1.165) is 93.0 Å². The molecular weight excluding hydrogens is 602 g/mol. The first kappa shape index (κ1) is 28.8. The molecule has 9 rings (SSSR count). The van der Waals surface area contributed by atoms with E-state index in [-0.39, 0.29) is 12.1 Å². The second kappa shape index (κ2) is 10.8. The molecule has 3 aliphatic rings. The average Bonchev–Trinajstić information content (AvgIpc) is 3.89. The van der Waals surface area contributed by atoms with E-state index in [9.17, 15) is 4.79 Å². The standard InChI is InChI=1S/C38H37N7O3/c1-38(2,3)48-37(46)45-22-29-18-30(45)21-43(29)12-13-44-33-10-6-25(23-4-8-31-27(14-23)19-39-41-31)16-35(33)47-36-17-26(7-11-34(36)44)24-5-9-32-28(15-24)20-40-42-32/h4-11,14-17,19-20,29-30H,12-13,18,21-22H2,1-3H3,(H,39,41)(H,40,42)/t29-,30-/m1/s1. The fourth-order valence-corrected chi connectivity index (χ4v) is 7.53. The van der Waals surface area contributed by atoms with Crippen molar-refractivity contribution >= 4 is 39.3 Å². The van der Waals surface area contributed by atoms with Gasteiger partial charge < -0.3 is 19.3 Å². The Labute approximate surface area is 278 Å². The number of aromatic nitrogens is 4. The molecule has 0 radical (unpaired) electrons. The molecule has 10 heteroatoms. The van der Waals surface area contributed by atoms with Crippen molar-refractivity contribution in [3.8, 4) is 33.8 Å². The number of hydrogen-bond acceptors (Lipinski definition) is 7. The van der Waals surface area contributed by atoms with Crippen molar-refractivity contribution in [3.05, 3.63) is 85.2 Å². The van der Waals surface area contributed by atoms with Gasteiger partial charge in [0.2, 0.25) is 0 Å². The van der Waals surface area contributed by atoms with Crippen LogP contribution in [-0.2, 0) is 4.74 Å². The van der Waals surface area contributed by atoms with Gasteiger partial charge in [0.05, 0.1) is 34.8 Å². The molecule has 2 saturated heterocycles. The van der Waals surface area contributed by atoms with E-state index in [1.165, 1.54) is 0 Å². The number of carbonyl (C=O) groups is 1. The van der Waals surface area contributed by atoms with Gasteiger partial charge in [-0.05, 0) is 98.0 Å². The maximum absolute atomic E-state index is 12.9. The Morgan fingerprint density at radius 2 is 1.33 bits per heavy atom. The van der Waals surface area contributed by atoms with Crippen LogP contribution in [0.3, 0.4) is 0 Å². The van der Waals surface area contributed by atoms with Crippen molar-refractivity contribution < 1.29 is 14.3 Å². The predicted octanol–water partition coefficient (Wildman–Crippen LogP) is 7.71. The van der Waals surface area contributed by atoms with Crippen LogP contribution < -0.4 is 9.64 Å². The van der Waals surface area contributed by atoms with Crippen LogP contribution in [0.5, 0.6) is 11.5 Å². The van der Waals surface area contributed by atoms with Gasteiger partial charge in [0.25, 0.3) is 0 Å². The molecular formula is C38H37N7O3. The Balaban J connectivity index is 1.02. The summed E-state index contributed by atoms with van der Waals surface area (Å²) >= 11 is 0. The van der Waals surface area contributed by atoms with Crippen LogP contribution in [0.15, 0.2) is 85.2 Å². The van der Waals surface area contributed by atoms with Gasteiger partial charge in [0.1, 0.15) is 5.60 Å². The van der Waals surface area contributed by atoms with Crippen LogP contribution in [0.4, 0.5) is 16.2 Å². The van der Waals surface area contributed by atoms with Gasteiger partial charge in [-0.3, -0.25) is 15.1 Å². The van der Waals surface area contributed by atoms with Gasteiger partial charge >= 0.3 is 6.09 Å². The number of hydrogen-bond donors (Lipinski definition) is 2. The minimum Gasteiger partial charge on any atom is -0.453 e. The van der Waals surface area contributed by atoms with Crippen molar-refractivity contribution in [1.29, 1.82) is 0 Å². The normalized spacial score (nSPS) is 18.7. The number of benzene rings is 4. The largest absolute Gasteiger partial charge is 0.453 e. The first-order chi connectivity index (χ1) is 23.3. The molecule has 3 aliphatic heterocycles. The minimum absolute atomic E-state index is 0.194. The van der Waals surface area contributed by atoms with E-state index in [1.54, 1.807) is 0 Å². The topological polar surface area (TPSA) is 103 Å². The van der Waals surface area contributed by atoms with Gasteiger partial charge in [-0.1, -0.05) is 24.3 Å². The first-order valence-corrected chi connectivity index (χ1v) is 16.6. The molecule has 2 bridgehead atoms. The molecule has 6 aromatic rings. The highest BCUT2D eigenvalue weighted by atomic mass is 16.6. The van der Waals surface area contributed by atoms with E-state index >= 15 is 0 Å². The van der Waals surface area contributed by atoms with Crippen molar-refractivity contribution in [3.63, 3.8) is 0 Å². The van der Waals surface area contributed by atoms with Gasteiger partial charge in [-0.2, -0.15) is 10.2 Å². The zero-order valence-corrected chi connectivity index (χ0v) is 27.2. The average molecular weight is 640 g/mol. The fraction of sp³-hybridized carbons (Fsp3) is 0.289. The summed E-state index contributed by atoms with van der Waals surface area (Å²) < 4.78 is 12.4. The highest BCUT2D eigenvalue weighted by Crippen LogP contribution is 2.49. The Bertz CT molecular complexity index is 2070. The van der Waals surface area contributed by atoms with Crippen LogP contribution in [0.25, 0.3) is 44.1 Å². The van der Waals surface area contributed by atoms with Crippen molar-refractivity contribution in [2.24, 2.45) is 0 Å². The maximum Gasteiger partial charge on any atom is 0.410 e. The van der Waals surface area contributed by atoms with E-state index in [1.807, 2.05) is 38.1 Å². The van der Waals surface area contributed by atoms with Crippen LogP contribution >= 0.6 is 0 Å². The van der Waals surface area contributed by atoms with Crippen LogP contribution in [-0.4, -0.2) is 80.2 Å². The van der Waals surface area contributed by atoms with E-state index in [0.29, 0.717) is 12.6 Å². The smallest absolute Gasteiger partial charge is 0.410 e. The summed E-state index contributed by atoms with van der Waals surface area (Å²) in [7, 11) is 0. The molecule has 5 heterocycles. The third-order valence-corrected chi connectivity index (χ3v) is 9.86. The molecule has 2 fully saturated rings. The number of ether oxygens (including phenoxy) is 2. The molecule has 2 aromatic heterocycles. The lowest BCUT2D eigenvalue weighted by atomic mass is 10.0. The number of anilines is 2. The molecule has 0 spiro atoms. The molecule has 10 nitrogen and oxygen atoms in total. The summed E-state index contributed by atoms with van der Waals surface area (Å²) in [6.07, 6.45) is 4.50. The number of nitrogens with zero attached hydrogens (tertiary/aromatic N) is 5. The Morgan fingerprint density at radius 1 is 0.771 bits per heavy atom. The predicted molar refractivity (Wildman–Crippen MR) is 187 cm³/mol. The number of rotatable bonds is 5.